The number of nitrogens with two attached hydrogens (primary N) is 1. The van der Waals surface area contributed by atoms with Crippen LogP contribution in [0.1, 0.15) is 19.3 Å². The molecule has 0 spiro atoms. The van der Waals surface area contributed by atoms with Crippen molar-refractivity contribution in [2.75, 3.05) is 19.8 Å². The van der Waals surface area contributed by atoms with E-state index in [0.717, 1.165) is 19.3 Å². The predicted molar refractivity (Wildman–Crippen MR) is 51.2 cm³/mol. The zero-order chi connectivity index (χ0) is 9.52. The van der Waals surface area contributed by atoms with Crippen LogP contribution in [0.4, 0.5) is 0 Å². The molecule has 0 bridgehead atoms. The second-order valence-corrected chi connectivity index (χ2v) is 3.24. The molecule has 1 fully saturated rings. The predicted octanol–water partition coefficient (Wildman–Crippen LogP) is 0.533. The minimum atomic E-state index is 0.0616. The van der Waals surface area contributed by atoms with Gasteiger partial charge in [0.2, 0.25) is 0 Å². The molecule has 0 aromatic carbocycles. The second-order valence-electron chi connectivity index (χ2n) is 3.24. The van der Waals surface area contributed by atoms with Crippen LogP contribution in [0.5, 0.6) is 0 Å². The van der Waals surface area contributed by atoms with E-state index < -0.39 is 0 Å². The Bertz CT molecular complexity index is 170. The van der Waals surface area contributed by atoms with Crippen LogP contribution in [0.25, 0.3) is 0 Å². The Morgan fingerprint density at radius 2 is 2.38 bits per heavy atom. The summed E-state index contributed by atoms with van der Waals surface area (Å²) in [5, 5.41) is 0. The highest BCUT2D eigenvalue weighted by Crippen LogP contribution is 2.09. The van der Waals surface area contributed by atoms with Crippen molar-refractivity contribution in [3.63, 3.8) is 0 Å². The van der Waals surface area contributed by atoms with Crippen LogP contribution in [0.2, 0.25) is 0 Å². The summed E-state index contributed by atoms with van der Waals surface area (Å²) in [6, 6.07) is 0.0636. The zero-order valence-electron chi connectivity index (χ0n) is 7.87. The van der Waals surface area contributed by atoms with Gasteiger partial charge in [0.1, 0.15) is 0 Å². The van der Waals surface area contributed by atoms with Gasteiger partial charge in [-0.1, -0.05) is 0 Å². The molecule has 1 aliphatic heterocycles. The minimum Gasteiger partial charge on any atom is -0.376 e. The molecule has 1 saturated heterocycles. The highest BCUT2D eigenvalue weighted by molar-refractivity contribution is 4.84. The molecule has 2 atom stereocenters. The van der Waals surface area contributed by atoms with Crippen LogP contribution in [0.15, 0.2) is 0 Å². The molecule has 13 heavy (non-hydrogen) atoms. The summed E-state index contributed by atoms with van der Waals surface area (Å²) in [6.07, 6.45) is 7.89. The van der Waals surface area contributed by atoms with Crippen molar-refractivity contribution in [1.29, 1.82) is 0 Å². The normalized spacial score (nSPS) is 25.1. The number of terminal acetylenes is 1. The van der Waals surface area contributed by atoms with Crippen LogP contribution < -0.4 is 5.73 Å². The second kappa shape index (κ2) is 5.98. The zero-order valence-corrected chi connectivity index (χ0v) is 7.87. The van der Waals surface area contributed by atoms with E-state index in [1.54, 1.807) is 0 Å². The molecule has 1 rings (SSSR count). The van der Waals surface area contributed by atoms with Crippen molar-refractivity contribution >= 4 is 0 Å². The van der Waals surface area contributed by atoms with E-state index in [2.05, 4.69) is 5.92 Å². The van der Waals surface area contributed by atoms with E-state index in [-0.39, 0.29) is 12.1 Å². The van der Waals surface area contributed by atoms with Gasteiger partial charge in [-0.3, -0.25) is 0 Å². The van der Waals surface area contributed by atoms with Crippen LogP contribution in [-0.4, -0.2) is 32.0 Å². The molecule has 0 aliphatic carbocycles. The van der Waals surface area contributed by atoms with Gasteiger partial charge in [-0.25, -0.2) is 0 Å². The minimum absolute atomic E-state index is 0.0616. The summed E-state index contributed by atoms with van der Waals surface area (Å²) in [5.41, 5.74) is 5.92. The van der Waals surface area contributed by atoms with Crippen molar-refractivity contribution in [1.82, 2.24) is 0 Å². The van der Waals surface area contributed by atoms with E-state index in [1.807, 2.05) is 0 Å². The van der Waals surface area contributed by atoms with Gasteiger partial charge in [-0.05, 0) is 12.8 Å². The lowest BCUT2D eigenvalue weighted by Crippen LogP contribution is -2.43. The third-order valence-corrected chi connectivity index (χ3v) is 2.18. The molecule has 0 aromatic rings. The van der Waals surface area contributed by atoms with Gasteiger partial charge in [0.15, 0.2) is 0 Å². The van der Waals surface area contributed by atoms with Gasteiger partial charge in [0.25, 0.3) is 0 Å². The topological polar surface area (TPSA) is 44.5 Å². The highest BCUT2D eigenvalue weighted by Gasteiger charge is 2.20. The fraction of sp³-hybridized carbons (Fsp3) is 0.800. The maximum Gasteiger partial charge on any atom is 0.0959 e. The Morgan fingerprint density at radius 1 is 1.54 bits per heavy atom. The fourth-order valence-corrected chi connectivity index (χ4v) is 1.38. The first-order valence-corrected chi connectivity index (χ1v) is 4.73. The summed E-state index contributed by atoms with van der Waals surface area (Å²) in [6.45, 7) is 1.97. The highest BCUT2D eigenvalue weighted by atomic mass is 16.6. The van der Waals surface area contributed by atoms with E-state index in [4.69, 9.17) is 21.6 Å². The number of rotatable bonds is 4. The number of ether oxygens (including phenoxy) is 2. The van der Waals surface area contributed by atoms with Gasteiger partial charge >= 0.3 is 0 Å². The first-order valence-electron chi connectivity index (χ1n) is 4.73. The first kappa shape index (κ1) is 10.5. The molecule has 1 heterocycles. The number of hydrogen-bond donors (Lipinski definition) is 1. The molecule has 3 heteroatoms. The lowest BCUT2D eigenvalue weighted by Gasteiger charge is -2.27. The SMILES string of the molecule is C#CCCCC(N)C1COCCO1. The maximum absolute atomic E-state index is 5.92. The van der Waals surface area contributed by atoms with Crippen molar-refractivity contribution in [3.05, 3.63) is 0 Å². The number of unbranched alkanes of at least 4 members (excludes halogenated alkanes) is 1. The Balaban J connectivity index is 2.14. The van der Waals surface area contributed by atoms with Gasteiger partial charge in [-0.2, -0.15) is 0 Å². The van der Waals surface area contributed by atoms with Crippen LogP contribution in [0.3, 0.4) is 0 Å². The third-order valence-electron chi connectivity index (χ3n) is 2.18. The molecule has 0 radical (unpaired) electrons. The average Bonchev–Trinajstić information content (AvgIpc) is 2.19. The van der Waals surface area contributed by atoms with E-state index in [1.165, 1.54) is 0 Å². The molecule has 0 saturated carbocycles. The molecule has 3 nitrogen and oxygen atoms in total. The van der Waals surface area contributed by atoms with Crippen LogP contribution in [0, 0.1) is 12.3 Å². The lowest BCUT2D eigenvalue weighted by atomic mass is 10.1. The van der Waals surface area contributed by atoms with E-state index in [0.29, 0.717) is 19.8 Å². The van der Waals surface area contributed by atoms with Gasteiger partial charge in [-0.15, -0.1) is 12.3 Å². The van der Waals surface area contributed by atoms with E-state index in [9.17, 15) is 0 Å². The largest absolute Gasteiger partial charge is 0.376 e. The van der Waals surface area contributed by atoms with Gasteiger partial charge in [0, 0.05) is 12.5 Å². The molecule has 1 aliphatic rings. The quantitative estimate of drug-likeness (QED) is 0.511. The van der Waals surface area contributed by atoms with Crippen molar-refractivity contribution in [2.45, 2.75) is 31.4 Å². The summed E-state index contributed by atoms with van der Waals surface area (Å²) in [7, 11) is 0. The summed E-state index contributed by atoms with van der Waals surface area (Å²) in [4.78, 5) is 0. The van der Waals surface area contributed by atoms with Crippen LogP contribution in [-0.2, 0) is 9.47 Å². The molecule has 74 valence electrons. The average molecular weight is 183 g/mol. The van der Waals surface area contributed by atoms with Crippen LogP contribution >= 0.6 is 0 Å². The fourth-order valence-electron chi connectivity index (χ4n) is 1.38. The van der Waals surface area contributed by atoms with Crippen molar-refractivity contribution in [2.24, 2.45) is 5.73 Å². The number of hydrogen-bond acceptors (Lipinski definition) is 3. The summed E-state index contributed by atoms with van der Waals surface area (Å²) < 4.78 is 10.7. The first-order chi connectivity index (χ1) is 6.34. The monoisotopic (exact) mass is 183 g/mol. The van der Waals surface area contributed by atoms with Crippen molar-refractivity contribution in [3.8, 4) is 12.3 Å². The Kier molecular flexibility index (Phi) is 4.84. The Hall–Kier alpha value is -0.560. The van der Waals surface area contributed by atoms with Gasteiger partial charge < -0.3 is 15.2 Å². The molecule has 0 amide bonds. The smallest absolute Gasteiger partial charge is 0.0959 e. The summed E-state index contributed by atoms with van der Waals surface area (Å²) >= 11 is 0. The molecule has 2 N–H and O–H groups in total. The Labute approximate surface area is 79.6 Å². The molecule has 2 unspecified atom stereocenters. The van der Waals surface area contributed by atoms with E-state index >= 15 is 0 Å². The molecule has 0 aromatic heterocycles. The van der Waals surface area contributed by atoms with Crippen molar-refractivity contribution < 1.29 is 9.47 Å². The third kappa shape index (κ3) is 3.77. The molecular formula is C10H17NO2. The van der Waals surface area contributed by atoms with Gasteiger partial charge in [0.05, 0.1) is 25.9 Å². The Morgan fingerprint density at radius 3 is 3.00 bits per heavy atom. The standard InChI is InChI=1S/C10H17NO2/c1-2-3-4-5-9(11)10-8-12-6-7-13-10/h1,9-10H,3-8,11H2. The lowest BCUT2D eigenvalue weighted by molar-refractivity contribution is -0.0977. The maximum atomic E-state index is 5.92. The summed E-state index contributed by atoms with van der Waals surface area (Å²) in [5.74, 6) is 2.60. The molecular weight excluding hydrogens is 166 g/mol.